The Bertz CT molecular complexity index is 453. The van der Waals surface area contributed by atoms with Crippen LogP contribution in [-0.4, -0.2) is 0 Å². The van der Waals surface area contributed by atoms with E-state index in [0.29, 0.717) is 5.41 Å². The average Bonchev–Trinajstić information content (AvgIpc) is 4.01. The smallest absolute Gasteiger partial charge is 0.0411 e. The Labute approximate surface area is 354 Å². The highest BCUT2D eigenvalue weighted by Crippen LogP contribution is 2.36. The quantitative estimate of drug-likeness (QED) is 0.252. The molecule has 4 aliphatic carbocycles. The number of rotatable bonds is 6. The van der Waals surface area contributed by atoms with E-state index in [1.807, 2.05) is 27.7 Å². The Kier molecular flexibility index (Phi) is 90.0. The SMILES string of the molecule is CC.CC.CC(C)(C)C.CC(C)C.CC1CC1.CC1CCC1.CC1C[C@H]1C.CCC.CCC(C)C.CCC(C)C.CCC1CC1.CCCC.CCCCC. The van der Waals surface area contributed by atoms with Crippen molar-refractivity contribution in [3.8, 4) is 0 Å². The fourth-order valence-corrected chi connectivity index (χ4v) is 2.17. The second-order valence-electron chi connectivity index (χ2n) is 19.2. The van der Waals surface area contributed by atoms with Crippen LogP contribution < -0.4 is 0 Å². The summed E-state index contributed by atoms with van der Waals surface area (Å²) in [6, 6.07) is 0. The van der Waals surface area contributed by atoms with Crippen molar-refractivity contribution >= 4 is 0 Å². The first-order chi connectivity index (χ1) is 25.0. The Morgan fingerprint density at radius 3 is 0.667 bits per heavy atom. The van der Waals surface area contributed by atoms with Gasteiger partial charge in [0.25, 0.3) is 0 Å². The Morgan fingerprint density at radius 2 is 0.667 bits per heavy atom. The zero-order valence-electron chi connectivity index (χ0n) is 45.1. The van der Waals surface area contributed by atoms with Crippen LogP contribution in [0.15, 0.2) is 0 Å². The molecule has 0 aromatic rings. The van der Waals surface area contributed by atoms with Crippen LogP contribution in [0.4, 0.5) is 0 Å². The molecule has 0 spiro atoms. The van der Waals surface area contributed by atoms with E-state index in [9.17, 15) is 0 Å². The lowest BCUT2D eigenvalue weighted by molar-refractivity contribution is 0.346. The monoisotopic (exact) mass is 775 g/mol. The van der Waals surface area contributed by atoms with Crippen molar-refractivity contribution in [2.45, 2.75) is 303 Å². The molecule has 4 aliphatic rings. The molecular formula is C54H126. The highest BCUT2D eigenvalue weighted by molar-refractivity contribution is 4.76. The van der Waals surface area contributed by atoms with Crippen molar-refractivity contribution < 1.29 is 0 Å². The zero-order valence-corrected chi connectivity index (χ0v) is 45.1. The fourth-order valence-electron chi connectivity index (χ4n) is 2.17. The van der Waals surface area contributed by atoms with Gasteiger partial charge in [0.15, 0.2) is 0 Å². The molecule has 4 saturated carbocycles. The molecule has 0 heteroatoms. The maximum Gasteiger partial charge on any atom is -0.0411 e. The summed E-state index contributed by atoms with van der Waals surface area (Å²) in [6.07, 6.45) is 23.9. The number of hydrogen-bond donors (Lipinski definition) is 0. The van der Waals surface area contributed by atoms with Crippen LogP contribution >= 0.6 is 0 Å². The Balaban J connectivity index is -0.0000000585. The molecule has 4 fully saturated rings. The van der Waals surface area contributed by atoms with Gasteiger partial charge in [0.1, 0.15) is 0 Å². The van der Waals surface area contributed by atoms with Crippen LogP contribution in [0.1, 0.15) is 303 Å². The third-order valence-electron chi connectivity index (χ3n) is 7.89. The van der Waals surface area contributed by atoms with E-state index in [0.717, 1.165) is 47.3 Å². The fraction of sp³-hybridized carbons (Fsp3) is 1.00. The van der Waals surface area contributed by atoms with Gasteiger partial charge in [0.05, 0.1) is 0 Å². The van der Waals surface area contributed by atoms with Gasteiger partial charge in [-0.05, 0) is 59.2 Å². The summed E-state index contributed by atoms with van der Waals surface area (Å²) in [5, 5.41) is 0. The first-order valence-corrected chi connectivity index (χ1v) is 25.0. The molecule has 0 heterocycles. The van der Waals surface area contributed by atoms with Crippen LogP contribution in [-0.2, 0) is 0 Å². The van der Waals surface area contributed by atoms with Gasteiger partial charge in [-0.2, -0.15) is 0 Å². The molecule has 1 unspecified atom stereocenters. The first-order valence-electron chi connectivity index (χ1n) is 25.0. The average molecular weight is 776 g/mol. The van der Waals surface area contributed by atoms with Gasteiger partial charge in [-0.25, -0.2) is 0 Å². The largest absolute Gasteiger partial charge is 0.0683 e. The molecule has 0 aliphatic heterocycles. The molecular weight excluding hydrogens is 649 g/mol. The van der Waals surface area contributed by atoms with Gasteiger partial charge in [-0.3, -0.25) is 0 Å². The van der Waals surface area contributed by atoms with Gasteiger partial charge in [0, 0.05) is 0 Å². The predicted octanol–water partition coefficient (Wildman–Crippen LogP) is 22.0. The second-order valence-corrected chi connectivity index (χ2v) is 19.2. The maximum absolute atomic E-state index is 2.31. The Morgan fingerprint density at radius 1 is 0.463 bits per heavy atom. The van der Waals surface area contributed by atoms with Crippen LogP contribution in [0.5, 0.6) is 0 Å². The van der Waals surface area contributed by atoms with Gasteiger partial charge >= 0.3 is 0 Å². The zero-order chi connectivity index (χ0) is 45.1. The predicted molar refractivity (Wildman–Crippen MR) is 268 cm³/mol. The third kappa shape index (κ3) is 186. The lowest BCUT2D eigenvalue weighted by Crippen LogP contribution is -2.04. The minimum atomic E-state index is 0.500. The van der Waals surface area contributed by atoms with E-state index in [4.69, 9.17) is 0 Å². The summed E-state index contributed by atoms with van der Waals surface area (Å²) in [6.45, 7) is 61.0. The van der Waals surface area contributed by atoms with Gasteiger partial charge in [-0.1, -0.05) is 297 Å². The minimum Gasteiger partial charge on any atom is -0.0683 e. The molecule has 0 aromatic heterocycles. The normalized spacial score (nSPS) is 16.5. The van der Waals surface area contributed by atoms with Crippen molar-refractivity contribution in [3.63, 3.8) is 0 Å². The first kappa shape index (κ1) is 74.9. The molecule has 4 rings (SSSR count). The lowest BCUT2D eigenvalue weighted by atomic mass is 9.88. The molecule has 0 radical (unpaired) electrons. The van der Waals surface area contributed by atoms with E-state index < -0.39 is 0 Å². The van der Waals surface area contributed by atoms with Crippen molar-refractivity contribution in [3.05, 3.63) is 0 Å². The lowest BCUT2D eigenvalue weighted by Gasteiger charge is -2.18. The summed E-state index contributed by atoms with van der Waals surface area (Å²) in [7, 11) is 0. The van der Waals surface area contributed by atoms with E-state index in [1.165, 1.54) is 109 Å². The van der Waals surface area contributed by atoms with Crippen LogP contribution in [0.3, 0.4) is 0 Å². The summed E-state index contributed by atoms with van der Waals surface area (Å²) in [5.74, 6) is 7.99. The van der Waals surface area contributed by atoms with E-state index in [1.54, 1.807) is 0 Å². The molecule has 342 valence electrons. The van der Waals surface area contributed by atoms with E-state index >= 15 is 0 Å². The van der Waals surface area contributed by atoms with Crippen LogP contribution in [0.2, 0.25) is 0 Å². The second kappa shape index (κ2) is 64.9. The molecule has 54 heavy (non-hydrogen) atoms. The molecule has 2 atom stereocenters. The number of unbranched alkanes of at least 4 members (excludes halogenated alkanes) is 3. The van der Waals surface area contributed by atoms with Gasteiger partial charge in [0.2, 0.25) is 0 Å². The summed E-state index contributed by atoms with van der Waals surface area (Å²) in [5.41, 5.74) is 0.500. The molecule has 0 bridgehead atoms. The molecule has 0 amide bonds. The summed E-state index contributed by atoms with van der Waals surface area (Å²) in [4.78, 5) is 0. The van der Waals surface area contributed by atoms with Crippen LogP contribution in [0.25, 0.3) is 0 Å². The molecule has 0 nitrogen and oxygen atoms in total. The maximum atomic E-state index is 2.31. The van der Waals surface area contributed by atoms with Crippen molar-refractivity contribution in [1.29, 1.82) is 0 Å². The minimum absolute atomic E-state index is 0.500. The standard InChI is InChI=1S/3C5H10.4C5H12.C4H8.2C4H10.C3H8.2C2H6/c1-4-3-5(4)2;1-5-3-2-4-5;1-2-5-3-4-5;1-5(2,3)4;2*1-4-5(2)3;1-3-5-4-2;1-4-2-3-4;1-4(2)3;1-3-4-2;1-3-2;2*1-2/h4-5H,3H2,1-2H3;2*5H,2-4H2,1H3;1-4H3;2*5H,4H2,1-3H3;3-5H2,1-2H3;4H,2-3H2,1H3;4H,1-3H3;3-4H2,1-2H3;3H2,1-2H3;2*1-2H3/t4-,5?;;;;;;;;;;;;/m1............/s1. The summed E-state index contributed by atoms with van der Waals surface area (Å²) < 4.78 is 0. The molecule has 0 saturated heterocycles. The van der Waals surface area contributed by atoms with Gasteiger partial charge < -0.3 is 0 Å². The van der Waals surface area contributed by atoms with E-state index in [-0.39, 0.29) is 0 Å². The molecule has 0 N–H and O–H groups in total. The Hall–Kier alpha value is 0. The van der Waals surface area contributed by atoms with E-state index in [2.05, 4.69) is 166 Å². The number of hydrogen-bond acceptors (Lipinski definition) is 0. The van der Waals surface area contributed by atoms with Crippen molar-refractivity contribution in [2.75, 3.05) is 0 Å². The highest BCUT2D eigenvalue weighted by Gasteiger charge is 2.26. The third-order valence-corrected chi connectivity index (χ3v) is 7.89. The summed E-state index contributed by atoms with van der Waals surface area (Å²) >= 11 is 0. The van der Waals surface area contributed by atoms with Crippen molar-refractivity contribution in [2.24, 2.45) is 52.8 Å². The van der Waals surface area contributed by atoms with Gasteiger partial charge in [-0.15, -0.1) is 0 Å². The highest BCUT2D eigenvalue weighted by atomic mass is 14.3. The topological polar surface area (TPSA) is 0 Å². The van der Waals surface area contributed by atoms with Crippen molar-refractivity contribution in [1.82, 2.24) is 0 Å². The molecule has 0 aromatic carbocycles. The van der Waals surface area contributed by atoms with Crippen LogP contribution in [0, 0.1) is 52.8 Å².